The van der Waals surface area contributed by atoms with Crippen LogP contribution in [0.4, 0.5) is 11.6 Å². The van der Waals surface area contributed by atoms with Gasteiger partial charge in [-0.25, -0.2) is 14.6 Å². The Balaban J connectivity index is 1.26. The van der Waals surface area contributed by atoms with E-state index in [1.54, 1.807) is 23.1 Å². The number of anilines is 2. The Bertz CT molecular complexity index is 1240. The van der Waals surface area contributed by atoms with Gasteiger partial charge in [-0.05, 0) is 43.5 Å². The summed E-state index contributed by atoms with van der Waals surface area (Å²) >= 11 is 0. The third kappa shape index (κ3) is 4.57. The van der Waals surface area contributed by atoms with Gasteiger partial charge in [0.25, 0.3) is 0 Å². The Morgan fingerprint density at radius 3 is 2.76 bits per heavy atom. The number of hydrogen-bond acceptors (Lipinski definition) is 7. The van der Waals surface area contributed by atoms with Crippen LogP contribution in [0.2, 0.25) is 0 Å². The molecule has 4 aromatic rings. The Labute approximate surface area is 191 Å². The highest BCUT2D eigenvalue weighted by Crippen LogP contribution is 2.25. The minimum absolute atomic E-state index is 0.0608. The summed E-state index contributed by atoms with van der Waals surface area (Å²) in [5.41, 5.74) is 3.08. The molecule has 4 heterocycles. The van der Waals surface area contributed by atoms with E-state index in [1.807, 2.05) is 36.4 Å². The van der Waals surface area contributed by atoms with Crippen molar-refractivity contribution < 1.29 is 4.79 Å². The third-order valence-electron chi connectivity index (χ3n) is 5.83. The topological polar surface area (TPSA) is 102 Å². The molecule has 1 N–H and O–H groups in total. The largest absolute Gasteiger partial charge is 0.354 e. The van der Waals surface area contributed by atoms with Gasteiger partial charge in [0.2, 0.25) is 5.91 Å². The molecule has 1 aliphatic heterocycles. The molecule has 0 aliphatic carbocycles. The number of rotatable bonds is 5. The first-order chi connectivity index (χ1) is 16.2. The third-order valence-corrected chi connectivity index (χ3v) is 5.83. The van der Waals surface area contributed by atoms with Gasteiger partial charge in [-0.1, -0.05) is 24.3 Å². The molecule has 33 heavy (non-hydrogen) atoms. The lowest BCUT2D eigenvalue weighted by molar-refractivity contribution is -0.120. The molecule has 0 bridgehead atoms. The monoisotopic (exact) mass is 440 g/mol. The van der Waals surface area contributed by atoms with Crippen LogP contribution in [0, 0.1) is 12.8 Å². The van der Waals surface area contributed by atoms with Crippen molar-refractivity contribution in [2.75, 3.05) is 23.3 Å². The summed E-state index contributed by atoms with van der Waals surface area (Å²) in [6.45, 7) is 3.49. The fourth-order valence-electron chi connectivity index (χ4n) is 4.07. The highest BCUT2D eigenvalue weighted by molar-refractivity contribution is 5.92. The van der Waals surface area contributed by atoms with Crippen LogP contribution in [0.3, 0.4) is 0 Å². The van der Waals surface area contributed by atoms with Crippen molar-refractivity contribution in [3.05, 3.63) is 72.8 Å². The van der Waals surface area contributed by atoms with Gasteiger partial charge in [0.1, 0.15) is 12.1 Å². The average molecular weight is 441 g/mol. The number of piperidine rings is 1. The molecule has 1 unspecified atom stereocenters. The minimum Gasteiger partial charge on any atom is -0.354 e. The summed E-state index contributed by atoms with van der Waals surface area (Å²) in [4.78, 5) is 23.5. The molecule has 1 aliphatic rings. The summed E-state index contributed by atoms with van der Waals surface area (Å²) in [7, 11) is 0. The average Bonchev–Trinajstić information content (AvgIpc) is 3.40. The number of carbonyl (C=O) groups excluding carboxylic acids is 1. The first kappa shape index (κ1) is 20.7. The fourth-order valence-corrected chi connectivity index (χ4v) is 4.07. The van der Waals surface area contributed by atoms with Crippen LogP contribution >= 0.6 is 0 Å². The van der Waals surface area contributed by atoms with Gasteiger partial charge in [0.05, 0.1) is 11.6 Å². The molecule has 9 nitrogen and oxygen atoms in total. The molecule has 1 saturated heterocycles. The lowest BCUT2D eigenvalue weighted by Crippen LogP contribution is -2.41. The van der Waals surface area contributed by atoms with Crippen LogP contribution < -0.4 is 10.2 Å². The van der Waals surface area contributed by atoms with Gasteiger partial charge in [-0.2, -0.15) is 5.10 Å². The number of aromatic nitrogens is 6. The maximum atomic E-state index is 13.0. The Morgan fingerprint density at radius 1 is 1.06 bits per heavy atom. The Morgan fingerprint density at radius 2 is 1.97 bits per heavy atom. The van der Waals surface area contributed by atoms with E-state index in [-0.39, 0.29) is 11.8 Å². The van der Waals surface area contributed by atoms with Gasteiger partial charge in [-0.15, -0.1) is 10.2 Å². The van der Waals surface area contributed by atoms with Crippen molar-refractivity contribution >= 4 is 17.5 Å². The summed E-state index contributed by atoms with van der Waals surface area (Å²) in [5, 5.41) is 16.0. The van der Waals surface area contributed by atoms with Crippen LogP contribution in [0.25, 0.3) is 17.1 Å². The number of carbonyl (C=O) groups is 1. The van der Waals surface area contributed by atoms with E-state index in [4.69, 9.17) is 0 Å². The first-order valence-electron chi connectivity index (χ1n) is 10.9. The van der Waals surface area contributed by atoms with E-state index in [0.717, 1.165) is 42.0 Å². The zero-order valence-electron chi connectivity index (χ0n) is 18.3. The molecule has 166 valence electrons. The molecule has 9 heteroatoms. The van der Waals surface area contributed by atoms with Crippen molar-refractivity contribution in [3.63, 3.8) is 0 Å². The molecule has 0 saturated carbocycles. The molecule has 1 amide bonds. The quantitative estimate of drug-likeness (QED) is 0.508. The van der Waals surface area contributed by atoms with Crippen molar-refractivity contribution in [2.45, 2.75) is 19.8 Å². The minimum atomic E-state index is -0.167. The zero-order valence-corrected chi connectivity index (χ0v) is 18.3. The number of nitrogens with zero attached hydrogens (tertiary/aromatic N) is 7. The molecular weight excluding hydrogens is 416 g/mol. The van der Waals surface area contributed by atoms with Gasteiger partial charge >= 0.3 is 0 Å². The second-order valence-electron chi connectivity index (χ2n) is 8.08. The van der Waals surface area contributed by atoms with Gasteiger partial charge in [-0.3, -0.25) is 4.79 Å². The lowest BCUT2D eigenvalue weighted by Gasteiger charge is -2.32. The smallest absolute Gasteiger partial charge is 0.230 e. The van der Waals surface area contributed by atoms with Crippen LogP contribution in [0.15, 0.2) is 67.3 Å². The SMILES string of the molecule is Cc1ccccc1-c1ccc(N2CCCC(C(=O)Nc3cc(-n4cccn4)ncn3)C2)nn1. The molecule has 5 rings (SSSR count). The first-order valence-corrected chi connectivity index (χ1v) is 10.9. The normalized spacial score (nSPS) is 15.9. The number of hydrogen-bond donors (Lipinski definition) is 1. The fraction of sp³-hybridized carbons (Fsp3) is 0.250. The van der Waals surface area contributed by atoms with E-state index < -0.39 is 0 Å². The molecular formula is C24H24N8O. The van der Waals surface area contributed by atoms with Crippen LogP contribution in [0.5, 0.6) is 0 Å². The summed E-state index contributed by atoms with van der Waals surface area (Å²) in [6.07, 6.45) is 6.60. The molecule has 0 spiro atoms. The molecule has 0 radical (unpaired) electrons. The van der Waals surface area contributed by atoms with Crippen LogP contribution in [0.1, 0.15) is 18.4 Å². The van der Waals surface area contributed by atoms with Crippen molar-refractivity contribution in [1.82, 2.24) is 29.9 Å². The van der Waals surface area contributed by atoms with Gasteiger partial charge in [0.15, 0.2) is 11.6 Å². The van der Waals surface area contributed by atoms with E-state index in [0.29, 0.717) is 18.2 Å². The number of amides is 1. The maximum Gasteiger partial charge on any atom is 0.230 e. The van der Waals surface area contributed by atoms with Gasteiger partial charge < -0.3 is 10.2 Å². The van der Waals surface area contributed by atoms with Crippen molar-refractivity contribution in [2.24, 2.45) is 5.92 Å². The van der Waals surface area contributed by atoms with Crippen molar-refractivity contribution in [1.29, 1.82) is 0 Å². The molecule has 1 atom stereocenters. The van der Waals surface area contributed by atoms with Gasteiger partial charge in [0, 0.05) is 37.1 Å². The second kappa shape index (κ2) is 9.15. The van der Waals surface area contributed by atoms with Crippen LogP contribution in [-0.4, -0.2) is 48.9 Å². The number of nitrogens with one attached hydrogen (secondary N) is 1. The van der Waals surface area contributed by atoms with E-state index >= 15 is 0 Å². The second-order valence-corrected chi connectivity index (χ2v) is 8.08. The van der Waals surface area contributed by atoms with E-state index in [1.165, 1.54) is 6.33 Å². The highest BCUT2D eigenvalue weighted by Gasteiger charge is 2.27. The predicted octanol–water partition coefficient (Wildman–Crippen LogP) is 3.28. The van der Waals surface area contributed by atoms with E-state index in [9.17, 15) is 4.79 Å². The van der Waals surface area contributed by atoms with E-state index in [2.05, 4.69) is 48.5 Å². The lowest BCUT2D eigenvalue weighted by atomic mass is 9.97. The molecule has 1 fully saturated rings. The number of benzene rings is 1. The zero-order chi connectivity index (χ0) is 22.6. The Hall–Kier alpha value is -4.14. The summed E-state index contributed by atoms with van der Waals surface area (Å²) < 4.78 is 1.62. The predicted molar refractivity (Wildman–Crippen MR) is 125 cm³/mol. The summed E-state index contributed by atoms with van der Waals surface area (Å²) in [6, 6.07) is 15.6. The molecule has 3 aromatic heterocycles. The Kier molecular flexibility index (Phi) is 5.75. The van der Waals surface area contributed by atoms with Crippen molar-refractivity contribution in [3.8, 4) is 17.1 Å². The maximum absolute atomic E-state index is 13.0. The summed E-state index contributed by atoms with van der Waals surface area (Å²) in [5.74, 6) is 1.61. The molecule has 1 aromatic carbocycles. The highest BCUT2D eigenvalue weighted by atomic mass is 16.2. The standard InChI is InChI=1S/C24H24N8O/c1-17-6-2-3-8-19(17)20-9-10-22(30-29-20)31-12-4-7-18(15-31)24(33)28-21-14-23(26-16-25-21)32-13-5-11-27-32/h2-3,5-6,8-11,13-14,16,18H,4,7,12,15H2,1H3,(H,25,26,28,33). The number of aryl methyl sites for hydroxylation is 1. The van der Waals surface area contributed by atoms with Crippen LogP contribution in [-0.2, 0) is 4.79 Å².